The van der Waals surface area contributed by atoms with E-state index in [0.717, 1.165) is 55.7 Å². The van der Waals surface area contributed by atoms with Crippen LogP contribution in [-0.2, 0) is 13.1 Å². The molecule has 0 aliphatic carbocycles. The molecule has 2 heterocycles. The summed E-state index contributed by atoms with van der Waals surface area (Å²) in [6, 6.07) is 18.4. The molecule has 2 aromatic carbocycles. The first kappa shape index (κ1) is 17.3. The standard InChI is InChI=1S/C21H23ClN4/c22-19-8-4-5-17(13-19)15-25-9-11-26(12-10-25)16-20-14-23-21(24-20)18-6-2-1-3-7-18/h1-8,13-14H,9-12,15-16H2,(H,23,24). The van der Waals surface area contributed by atoms with E-state index in [0.29, 0.717) is 0 Å². The van der Waals surface area contributed by atoms with E-state index in [-0.39, 0.29) is 0 Å². The summed E-state index contributed by atoms with van der Waals surface area (Å²) in [6.07, 6.45) is 1.96. The van der Waals surface area contributed by atoms with E-state index in [1.807, 2.05) is 36.5 Å². The van der Waals surface area contributed by atoms with Gasteiger partial charge in [-0.15, -0.1) is 0 Å². The normalized spacial score (nSPS) is 16.0. The summed E-state index contributed by atoms with van der Waals surface area (Å²) in [4.78, 5) is 13.0. The highest BCUT2D eigenvalue weighted by molar-refractivity contribution is 6.30. The van der Waals surface area contributed by atoms with Crippen molar-refractivity contribution in [3.05, 3.63) is 77.1 Å². The van der Waals surface area contributed by atoms with Crippen LogP contribution >= 0.6 is 11.6 Å². The largest absolute Gasteiger partial charge is 0.341 e. The van der Waals surface area contributed by atoms with Crippen LogP contribution in [0.5, 0.6) is 0 Å². The lowest BCUT2D eigenvalue weighted by atomic mass is 10.2. The lowest BCUT2D eigenvalue weighted by molar-refractivity contribution is 0.121. The van der Waals surface area contributed by atoms with Crippen molar-refractivity contribution in [2.45, 2.75) is 13.1 Å². The van der Waals surface area contributed by atoms with Gasteiger partial charge in [-0.25, -0.2) is 4.98 Å². The van der Waals surface area contributed by atoms with Crippen molar-refractivity contribution in [3.8, 4) is 11.4 Å². The molecule has 1 aromatic heterocycles. The number of nitrogens with one attached hydrogen (secondary N) is 1. The smallest absolute Gasteiger partial charge is 0.137 e. The summed E-state index contributed by atoms with van der Waals surface area (Å²) >= 11 is 6.09. The van der Waals surface area contributed by atoms with Gasteiger partial charge in [0.1, 0.15) is 5.82 Å². The Kier molecular flexibility index (Phi) is 5.34. The highest BCUT2D eigenvalue weighted by Crippen LogP contribution is 2.17. The second-order valence-corrected chi connectivity index (χ2v) is 7.24. The Morgan fingerprint density at radius 3 is 2.35 bits per heavy atom. The number of piperazine rings is 1. The average Bonchev–Trinajstić information content (AvgIpc) is 3.13. The van der Waals surface area contributed by atoms with E-state index in [4.69, 9.17) is 11.6 Å². The van der Waals surface area contributed by atoms with Gasteiger partial charge < -0.3 is 4.98 Å². The van der Waals surface area contributed by atoms with Gasteiger partial charge in [-0.3, -0.25) is 9.80 Å². The molecule has 4 nitrogen and oxygen atoms in total. The lowest BCUT2D eigenvalue weighted by Crippen LogP contribution is -2.45. The number of halogens is 1. The number of imidazole rings is 1. The molecule has 1 aliphatic rings. The predicted octanol–water partition coefficient (Wildman–Crippen LogP) is 4.05. The van der Waals surface area contributed by atoms with Gasteiger partial charge >= 0.3 is 0 Å². The lowest BCUT2D eigenvalue weighted by Gasteiger charge is -2.34. The second-order valence-electron chi connectivity index (χ2n) is 6.81. The van der Waals surface area contributed by atoms with Crippen LogP contribution in [0.4, 0.5) is 0 Å². The Morgan fingerprint density at radius 2 is 1.62 bits per heavy atom. The molecule has 5 heteroatoms. The highest BCUT2D eigenvalue weighted by atomic mass is 35.5. The number of benzene rings is 2. The average molecular weight is 367 g/mol. The van der Waals surface area contributed by atoms with Crippen molar-refractivity contribution in [2.24, 2.45) is 0 Å². The molecule has 4 rings (SSSR count). The van der Waals surface area contributed by atoms with Crippen molar-refractivity contribution >= 4 is 11.6 Å². The number of aromatic nitrogens is 2. The van der Waals surface area contributed by atoms with Crippen LogP contribution in [0.25, 0.3) is 11.4 Å². The number of hydrogen-bond donors (Lipinski definition) is 1. The molecule has 1 fully saturated rings. The van der Waals surface area contributed by atoms with Crippen LogP contribution in [-0.4, -0.2) is 45.9 Å². The third kappa shape index (κ3) is 4.33. The Balaban J connectivity index is 1.29. The van der Waals surface area contributed by atoms with Gasteiger partial charge in [-0.1, -0.05) is 54.1 Å². The summed E-state index contributed by atoms with van der Waals surface area (Å²) in [6.45, 7) is 6.18. The van der Waals surface area contributed by atoms with Crippen molar-refractivity contribution in [3.63, 3.8) is 0 Å². The van der Waals surface area contributed by atoms with Crippen LogP contribution in [0, 0.1) is 0 Å². The number of rotatable bonds is 5. The van der Waals surface area contributed by atoms with Crippen LogP contribution in [0.15, 0.2) is 60.8 Å². The number of nitrogens with zero attached hydrogens (tertiary/aromatic N) is 3. The maximum Gasteiger partial charge on any atom is 0.137 e. The molecule has 1 aliphatic heterocycles. The first-order chi connectivity index (χ1) is 12.8. The fraction of sp³-hybridized carbons (Fsp3) is 0.286. The molecule has 1 N–H and O–H groups in total. The van der Waals surface area contributed by atoms with Crippen LogP contribution in [0.1, 0.15) is 11.3 Å². The fourth-order valence-electron chi connectivity index (χ4n) is 3.42. The van der Waals surface area contributed by atoms with Crippen molar-refractivity contribution in [2.75, 3.05) is 26.2 Å². The van der Waals surface area contributed by atoms with E-state index < -0.39 is 0 Å². The summed E-state index contributed by atoms with van der Waals surface area (Å²) in [5, 5.41) is 0.814. The summed E-state index contributed by atoms with van der Waals surface area (Å²) < 4.78 is 0. The summed E-state index contributed by atoms with van der Waals surface area (Å²) in [7, 11) is 0. The quantitative estimate of drug-likeness (QED) is 0.740. The molecule has 0 unspecified atom stereocenters. The van der Waals surface area contributed by atoms with E-state index >= 15 is 0 Å². The zero-order chi connectivity index (χ0) is 17.8. The van der Waals surface area contributed by atoms with Crippen molar-refractivity contribution in [1.82, 2.24) is 19.8 Å². The predicted molar refractivity (Wildman–Crippen MR) is 106 cm³/mol. The van der Waals surface area contributed by atoms with Crippen molar-refractivity contribution in [1.29, 1.82) is 0 Å². The minimum absolute atomic E-state index is 0.814. The Morgan fingerprint density at radius 1 is 0.885 bits per heavy atom. The van der Waals surface area contributed by atoms with Gasteiger partial charge in [0.05, 0.1) is 0 Å². The maximum atomic E-state index is 6.09. The molecule has 0 radical (unpaired) electrons. The van der Waals surface area contributed by atoms with Gasteiger partial charge in [0.15, 0.2) is 0 Å². The van der Waals surface area contributed by atoms with E-state index in [2.05, 4.69) is 44.0 Å². The van der Waals surface area contributed by atoms with Crippen molar-refractivity contribution < 1.29 is 0 Å². The molecule has 0 atom stereocenters. The third-order valence-corrected chi connectivity index (χ3v) is 5.06. The zero-order valence-electron chi connectivity index (χ0n) is 14.7. The molecular weight excluding hydrogens is 344 g/mol. The molecule has 0 bridgehead atoms. The van der Waals surface area contributed by atoms with Crippen LogP contribution < -0.4 is 0 Å². The Bertz CT molecular complexity index is 838. The topological polar surface area (TPSA) is 35.2 Å². The second kappa shape index (κ2) is 8.04. The third-order valence-electron chi connectivity index (χ3n) is 4.83. The minimum Gasteiger partial charge on any atom is -0.341 e. The molecule has 0 spiro atoms. The minimum atomic E-state index is 0.814. The molecule has 1 saturated heterocycles. The molecule has 0 amide bonds. The number of aromatic amines is 1. The van der Waals surface area contributed by atoms with Gasteiger partial charge in [0, 0.05) is 61.7 Å². The van der Waals surface area contributed by atoms with Gasteiger partial charge in [-0.2, -0.15) is 0 Å². The van der Waals surface area contributed by atoms with Crippen LogP contribution in [0.2, 0.25) is 5.02 Å². The molecule has 0 saturated carbocycles. The summed E-state index contributed by atoms with van der Waals surface area (Å²) in [5.74, 6) is 0.945. The SMILES string of the molecule is Clc1cccc(CN2CCN(Cc3cnc(-c4ccccc4)[nH]3)CC2)c1. The maximum absolute atomic E-state index is 6.09. The zero-order valence-corrected chi connectivity index (χ0v) is 15.5. The molecule has 26 heavy (non-hydrogen) atoms. The van der Waals surface area contributed by atoms with E-state index in [9.17, 15) is 0 Å². The van der Waals surface area contributed by atoms with Crippen LogP contribution in [0.3, 0.4) is 0 Å². The molecular formula is C21H23ClN4. The first-order valence-corrected chi connectivity index (χ1v) is 9.42. The highest BCUT2D eigenvalue weighted by Gasteiger charge is 2.18. The number of hydrogen-bond acceptors (Lipinski definition) is 3. The fourth-order valence-corrected chi connectivity index (χ4v) is 3.64. The monoisotopic (exact) mass is 366 g/mol. The molecule has 134 valence electrons. The Labute approximate surface area is 159 Å². The summed E-state index contributed by atoms with van der Waals surface area (Å²) in [5.41, 5.74) is 3.59. The van der Waals surface area contributed by atoms with E-state index in [1.54, 1.807) is 0 Å². The first-order valence-electron chi connectivity index (χ1n) is 9.05. The van der Waals surface area contributed by atoms with E-state index in [1.165, 1.54) is 11.3 Å². The van der Waals surface area contributed by atoms with Gasteiger partial charge in [0.25, 0.3) is 0 Å². The van der Waals surface area contributed by atoms with Gasteiger partial charge in [-0.05, 0) is 17.7 Å². The number of H-pyrrole nitrogens is 1. The Hall–Kier alpha value is -2.14. The van der Waals surface area contributed by atoms with Gasteiger partial charge in [0.2, 0.25) is 0 Å². The molecule has 3 aromatic rings.